The molecule has 0 aliphatic carbocycles. The van der Waals surface area contributed by atoms with Crippen LogP contribution >= 0.6 is 11.3 Å². The van der Waals surface area contributed by atoms with Gasteiger partial charge in [-0.1, -0.05) is 36.3 Å². The number of carboxylic acid groups (broad SMARTS) is 1. The maximum absolute atomic E-state index is 11.2. The Kier molecular flexibility index (Phi) is 8.51. The van der Waals surface area contributed by atoms with Gasteiger partial charge in [-0.15, -0.1) is 17.3 Å². The Balaban J connectivity index is 1.29. The number of aryl methyl sites for hydroxylation is 1. The molecule has 1 aliphatic heterocycles. The standard InChI is InChI=1S/C33H32O5S/c1-3-4-25(18-33(34)35)24-7-5-23(6-8-24)20-37-27-10-12-32-30(19-27)31(21-39-32)29-11-9-28(17-22(29)2)38-26-13-15-36-16-14-26/h5-12,17,19,21,25-26H,13-16,18,20H2,1-2H3,(H,34,35)/t25-/m0/s1. The van der Waals surface area contributed by atoms with Gasteiger partial charge >= 0.3 is 5.97 Å². The summed E-state index contributed by atoms with van der Waals surface area (Å²) in [5.74, 6) is 6.38. The molecule has 4 aromatic rings. The zero-order valence-corrected chi connectivity index (χ0v) is 23.1. The van der Waals surface area contributed by atoms with Crippen LogP contribution in [0.4, 0.5) is 0 Å². The van der Waals surface area contributed by atoms with E-state index in [1.807, 2.05) is 30.3 Å². The zero-order valence-electron chi connectivity index (χ0n) is 22.2. The summed E-state index contributed by atoms with van der Waals surface area (Å²) in [6.07, 6.45) is 2.08. The van der Waals surface area contributed by atoms with Crippen LogP contribution in [-0.4, -0.2) is 30.4 Å². The second kappa shape index (κ2) is 12.4. The van der Waals surface area contributed by atoms with Gasteiger partial charge in [-0.3, -0.25) is 4.79 Å². The molecular formula is C33H32O5S. The molecule has 0 bridgehead atoms. The first-order valence-electron chi connectivity index (χ1n) is 13.2. The van der Waals surface area contributed by atoms with Crippen LogP contribution in [0.3, 0.4) is 0 Å². The van der Waals surface area contributed by atoms with Crippen LogP contribution in [0.25, 0.3) is 21.2 Å². The van der Waals surface area contributed by atoms with E-state index in [1.165, 1.54) is 26.8 Å². The highest BCUT2D eigenvalue weighted by Crippen LogP contribution is 2.38. The molecule has 0 amide bonds. The van der Waals surface area contributed by atoms with E-state index in [-0.39, 0.29) is 18.4 Å². The third kappa shape index (κ3) is 6.62. The van der Waals surface area contributed by atoms with Gasteiger partial charge in [0, 0.05) is 28.5 Å². The van der Waals surface area contributed by atoms with Crippen LogP contribution in [0.2, 0.25) is 0 Å². The van der Waals surface area contributed by atoms with E-state index in [4.69, 9.17) is 14.2 Å². The fourth-order valence-electron chi connectivity index (χ4n) is 4.92. The quantitative estimate of drug-likeness (QED) is 0.222. The number of rotatable bonds is 9. The Morgan fingerprint density at radius 3 is 2.54 bits per heavy atom. The number of hydrogen-bond acceptors (Lipinski definition) is 5. The van der Waals surface area contributed by atoms with Crippen molar-refractivity contribution in [3.63, 3.8) is 0 Å². The molecule has 1 saturated heterocycles. The van der Waals surface area contributed by atoms with E-state index in [1.54, 1.807) is 18.3 Å². The summed E-state index contributed by atoms with van der Waals surface area (Å²) in [5.41, 5.74) is 5.48. The lowest BCUT2D eigenvalue weighted by atomic mass is 9.95. The first kappa shape index (κ1) is 26.8. The molecule has 5 rings (SSSR count). The topological polar surface area (TPSA) is 65.0 Å². The highest BCUT2D eigenvalue weighted by atomic mass is 32.1. The van der Waals surface area contributed by atoms with Gasteiger partial charge in [-0.25, -0.2) is 0 Å². The van der Waals surface area contributed by atoms with Crippen LogP contribution in [0.1, 0.15) is 48.8 Å². The number of carbonyl (C=O) groups is 1. The van der Waals surface area contributed by atoms with Gasteiger partial charge in [0.2, 0.25) is 0 Å². The lowest BCUT2D eigenvalue weighted by Crippen LogP contribution is -2.25. The van der Waals surface area contributed by atoms with Crippen molar-refractivity contribution in [3.8, 4) is 34.5 Å². The van der Waals surface area contributed by atoms with Crippen LogP contribution in [-0.2, 0) is 16.1 Å². The average molecular weight is 541 g/mol. The molecule has 1 aromatic heterocycles. The van der Waals surface area contributed by atoms with Crippen molar-refractivity contribution >= 4 is 27.4 Å². The predicted molar refractivity (Wildman–Crippen MR) is 156 cm³/mol. The summed E-state index contributed by atoms with van der Waals surface area (Å²) in [4.78, 5) is 11.2. The minimum absolute atomic E-state index is 0.00908. The fourth-order valence-corrected chi connectivity index (χ4v) is 5.86. The van der Waals surface area contributed by atoms with Crippen molar-refractivity contribution in [2.45, 2.75) is 51.7 Å². The molecule has 0 spiro atoms. The Labute approximate surface area is 233 Å². The van der Waals surface area contributed by atoms with Gasteiger partial charge in [-0.05, 0) is 71.8 Å². The van der Waals surface area contributed by atoms with E-state index in [0.29, 0.717) is 6.61 Å². The maximum Gasteiger partial charge on any atom is 0.304 e. The van der Waals surface area contributed by atoms with Crippen molar-refractivity contribution in [1.82, 2.24) is 0 Å². The number of benzene rings is 3. The summed E-state index contributed by atoms with van der Waals surface area (Å²) in [6.45, 7) is 5.81. The largest absolute Gasteiger partial charge is 0.490 e. The lowest BCUT2D eigenvalue weighted by molar-refractivity contribution is -0.137. The number of aliphatic carboxylic acids is 1. The van der Waals surface area contributed by atoms with Crippen molar-refractivity contribution in [2.24, 2.45) is 0 Å². The van der Waals surface area contributed by atoms with Crippen molar-refractivity contribution in [3.05, 3.63) is 82.7 Å². The van der Waals surface area contributed by atoms with Gasteiger partial charge in [0.1, 0.15) is 24.2 Å². The number of hydrogen-bond donors (Lipinski definition) is 1. The highest BCUT2D eigenvalue weighted by Gasteiger charge is 2.17. The normalized spacial score (nSPS) is 14.4. The molecule has 5 nitrogen and oxygen atoms in total. The third-order valence-corrected chi connectivity index (χ3v) is 7.95. The summed E-state index contributed by atoms with van der Waals surface area (Å²) in [5, 5.41) is 12.6. The van der Waals surface area contributed by atoms with Gasteiger partial charge < -0.3 is 19.3 Å². The average Bonchev–Trinajstić information content (AvgIpc) is 3.35. The Bertz CT molecular complexity index is 1500. The van der Waals surface area contributed by atoms with Crippen molar-refractivity contribution in [2.75, 3.05) is 13.2 Å². The molecule has 3 aromatic carbocycles. The number of carboxylic acids is 1. The molecule has 0 radical (unpaired) electrons. The minimum Gasteiger partial charge on any atom is -0.490 e. The molecule has 2 heterocycles. The molecule has 39 heavy (non-hydrogen) atoms. The smallest absolute Gasteiger partial charge is 0.304 e. The van der Waals surface area contributed by atoms with Gasteiger partial charge in [0.05, 0.1) is 25.6 Å². The second-order valence-electron chi connectivity index (χ2n) is 9.79. The van der Waals surface area contributed by atoms with E-state index in [9.17, 15) is 9.90 Å². The SMILES string of the molecule is CC#C[C@@H](CC(=O)O)c1ccc(COc2ccc3scc(-c4ccc(OC5CCOCC5)cc4C)c3c2)cc1. The fraction of sp³-hybridized carbons (Fsp3) is 0.303. The van der Waals surface area contributed by atoms with Crippen molar-refractivity contribution in [1.29, 1.82) is 0 Å². The van der Waals surface area contributed by atoms with E-state index >= 15 is 0 Å². The first-order chi connectivity index (χ1) is 19.0. The van der Waals surface area contributed by atoms with E-state index in [0.717, 1.165) is 48.7 Å². The zero-order chi connectivity index (χ0) is 27.2. The second-order valence-corrected chi connectivity index (χ2v) is 10.7. The molecule has 1 aliphatic rings. The highest BCUT2D eigenvalue weighted by molar-refractivity contribution is 7.17. The van der Waals surface area contributed by atoms with Gasteiger partial charge in [0.25, 0.3) is 0 Å². The van der Waals surface area contributed by atoms with Gasteiger partial charge in [-0.2, -0.15) is 0 Å². The molecule has 1 N–H and O–H groups in total. The van der Waals surface area contributed by atoms with E-state index in [2.05, 4.69) is 54.5 Å². The Morgan fingerprint density at radius 1 is 1.05 bits per heavy atom. The molecule has 0 saturated carbocycles. The summed E-state index contributed by atoms with van der Waals surface area (Å²) in [6, 6.07) is 20.4. The molecule has 1 atom stereocenters. The summed E-state index contributed by atoms with van der Waals surface area (Å²) < 4.78 is 19.0. The minimum atomic E-state index is -0.854. The monoisotopic (exact) mass is 540 g/mol. The van der Waals surface area contributed by atoms with Crippen LogP contribution in [0, 0.1) is 18.8 Å². The molecular weight excluding hydrogens is 508 g/mol. The van der Waals surface area contributed by atoms with Crippen LogP contribution in [0.15, 0.2) is 66.0 Å². The van der Waals surface area contributed by atoms with Crippen LogP contribution in [0.5, 0.6) is 11.5 Å². The molecule has 0 unspecified atom stereocenters. The van der Waals surface area contributed by atoms with Crippen molar-refractivity contribution < 1.29 is 24.1 Å². The number of ether oxygens (including phenoxy) is 3. The van der Waals surface area contributed by atoms with Gasteiger partial charge in [0.15, 0.2) is 0 Å². The summed E-state index contributed by atoms with van der Waals surface area (Å²) in [7, 11) is 0. The maximum atomic E-state index is 11.2. The number of thiophene rings is 1. The third-order valence-electron chi connectivity index (χ3n) is 6.99. The Hall–Kier alpha value is -3.79. The lowest BCUT2D eigenvalue weighted by Gasteiger charge is -2.23. The Morgan fingerprint density at radius 2 is 1.82 bits per heavy atom. The molecule has 200 valence electrons. The first-order valence-corrected chi connectivity index (χ1v) is 14.1. The summed E-state index contributed by atoms with van der Waals surface area (Å²) >= 11 is 1.73. The van der Waals surface area contributed by atoms with Crippen LogP contribution < -0.4 is 9.47 Å². The molecule has 1 fully saturated rings. The number of fused-ring (bicyclic) bond motifs is 1. The van der Waals surface area contributed by atoms with E-state index < -0.39 is 5.97 Å². The predicted octanol–water partition coefficient (Wildman–Crippen LogP) is 7.60. The molecule has 6 heteroatoms.